The minimum Gasteiger partial charge on any atom is -0.457 e. The van der Waals surface area contributed by atoms with Crippen LogP contribution in [0.15, 0.2) is 18.2 Å². The Morgan fingerprint density at radius 3 is 2.56 bits per heavy atom. The van der Waals surface area contributed by atoms with E-state index in [1.54, 1.807) is 0 Å². The molecule has 1 saturated carbocycles. The van der Waals surface area contributed by atoms with Gasteiger partial charge in [0.2, 0.25) is 11.7 Å². The number of ether oxygens (including phenoxy) is 1. The van der Waals surface area contributed by atoms with Gasteiger partial charge in [0.1, 0.15) is 5.82 Å². The summed E-state index contributed by atoms with van der Waals surface area (Å²) in [6, 6.07) is 3.78. The van der Waals surface area contributed by atoms with Gasteiger partial charge in [-0.05, 0) is 30.5 Å². The summed E-state index contributed by atoms with van der Waals surface area (Å²) in [5.74, 6) is -1.54. The summed E-state index contributed by atoms with van der Waals surface area (Å²) in [6.07, 6.45) is 7.07. The molecule has 0 radical (unpaired) electrons. The third-order valence-corrected chi connectivity index (χ3v) is 4.44. The quantitative estimate of drug-likeness (QED) is 0.599. The normalized spacial score (nSPS) is 14.8. The Labute approximate surface area is 146 Å². The fraction of sp³-hybridized carbons (Fsp3) is 0.526. The van der Waals surface area contributed by atoms with Gasteiger partial charge in [-0.2, -0.15) is 0 Å². The summed E-state index contributed by atoms with van der Waals surface area (Å²) in [6.45, 7) is 0.837. The maximum absolute atomic E-state index is 14.0. The van der Waals surface area contributed by atoms with E-state index in [1.807, 2.05) is 0 Å². The van der Waals surface area contributed by atoms with Crippen molar-refractivity contribution in [3.63, 3.8) is 0 Å². The smallest absolute Gasteiger partial charge is 0.306 e. The first-order valence-electron chi connectivity index (χ1n) is 8.71. The molecule has 1 aliphatic rings. The van der Waals surface area contributed by atoms with Gasteiger partial charge in [0, 0.05) is 19.0 Å². The molecule has 5 nitrogen and oxygen atoms in total. The van der Waals surface area contributed by atoms with Crippen LogP contribution in [0.1, 0.15) is 62.2 Å². The highest BCUT2D eigenvalue weighted by Crippen LogP contribution is 2.27. The van der Waals surface area contributed by atoms with Gasteiger partial charge in [-0.15, -0.1) is 0 Å². The highest BCUT2D eigenvalue weighted by atomic mass is 19.1. The lowest BCUT2D eigenvalue weighted by molar-refractivity contribution is -0.142. The molecule has 1 N–H and O–H groups in total. The lowest BCUT2D eigenvalue weighted by Crippen LogP contribution is -2.17. The van der Waals surface area contributed by atoms with E-state index in [2.05, 4.69) is 5.32 Å². The van der Waals surface area contributed by atoms with Crippen molar-refractivity contribution in [1.29, 1.82) is 0 Å². The summed E-state index contributed by atoms with van der Waals surface area (Å²) < 4.78 is 18.9. The van der Waals surface area contributed by atoms with E-state index in [1.165, 1.54) is 38.3 Å². The Bertz CT molecular complexity index is 638. The Balaban J connectivity index is 1.79. The zero-order valence-electron chi connectivity index (χ0n) is 14.5. The number of esters is 1. The van der Waals surface area contributed by atoms with Crippen LogP contribution < -0.4 is 5.32 Å². The lowest BCUT2D eigenvalue weighted by atomic mass is 9.86. The maximum Gasteiger partial charge on any atom is 0.306 e. The predicted octanol–water partition coefficient (Wildman–Crippen LogP) is 3.87. The molecule has 0 unspecified atom stereocenters. The topological polar surface area (TPSA) is 72.5 Å². The largest absolute Gasteiger partial charge is 0.457 e. The van der Waals surface area contributed by atoms with E-state index >= 15 is 0 Å². The first-order chi connectivity index (χ1) is 12.0. The zero-order valence-corrected chi connectivity index (χ0v) is 14.5. The van der Waals surface area contributed by atoms with Crippen LogP contribution in [0.5, 0.6) is 0 Å². The van der Waals surface area contributed by atoms with Gasteiger partial charge in [-0.3, -0.25) is 14.4 Å². The van der Waals surface area contributed by atoms with E-state index in [9.17, 15) is 18.8 Å². The van der Waals surface area contributed by atoms with E-state index in [-0.39, 0.29) is 17.2 Å². The number of benzene rings is 1. The number of anilines is 1. The fourth-order valence-corrected chi connectivity index (χ4v) is 3.12. The highest BCUT2D eigenvalue weighted by Gasteiger charge is 2.17. The summed E-state index contributed by atoms with van der Waals surface area (Å²) in [5.41, 5.74) is 0.111. The standard InChI is InChI=1S/C19H24FNO4/c1-13(22)21-15-8-9-16(17(20)11-15)18(23)12-25-19(24)10-7-14-5-3-2-4-6-14/h8-9,11,14H,2-7,10,12H2,1H3,(H,21,22). The fourth-order valence-electron chi connectivity index (χ4n) is 3.12. The molecule has 0 saturated heterocycles. The Morgan fingerprint density at radius 2 is 1.92 bits per heavy atom. The molecule has 136 valence electrons. The van der Waals surface area contributed by atoms with Crippen LogP contribution in [-0.4, -0.2) is 24.3 Å². The summed E-state index contributed by atoms with van der Waals surface area (Å²) in [4.78, 5) is 34.7. The van der Waals surface area contributed by atoms with Gasteiger partial charge in [-0.25, -0.2) is 4.39 Å². The van der Waals surface area contributed by atoms with Crippen LogP contribution in [-0.2, 0) is 14.3 Å². The Hall–Kier alpha value is -2.24. The van der Waals surface area contributed by atoms with Crippen LogP contribution in [0.3, 0.4) is 0 Å². The first kappa shape index (κ1) is 19.1. The van der Waals surface area contributed by atoms with Crippen molar-refractivity contribution in [2.45, 2.75) is 51.9 Å². The van der Waals surface area contributed by atoms with Crippen LogP contribution >= 0.6 is 0 Å². The van der Waals surface area contributed by atoms with Gasteiger partial charge >= 0.3 is 5.97 Å². The summed E-state index contributed by atoms with van der Waals surface area (Å²) in [5, 5.41) is 2.43. The molecule has 0 heterocycles. The SMILES string of the molecule is CC(=O)Nc1ccc(C(=O)COC(=O)CCC2CCCCC2)c(F)c1. The number of ketones is 1. The van der Waals surface area contributed by atoms with Crippen molar-refractivity contribution >= 4 is 23.3 Å². The number of carbonyl (C=O) groups is 3. The van der Waals surface area contributed by atoms with Gasteiger partial charge in [0.05, 0.1) is 5.56 Å². The van der Waals surface area contributed by atoms with Gasteiger partial charge < -0.3 is 10.1 Å². The van der Waals surface area contributed by atoms with E-state index in [0.29, 0.717) is 12.3 Å². The molecular weight excluding hydrogens is 325 g/mol. The van der Waals surface area contributed by atoms with Crippen molar-refractivity contribution in [3.05, 3.63) is 29.6 Å². The second kappa shape index (κ2) is 9.30. The number of amides is 1. The molecule has 1 amide bonds. The Kier molecular flexibility index (Phi) is 7.10. The molecule has 25 heavy (non-hydrogen) atoms. The van der Waals surface area contributed by atoms with E-state index in [4.69, 9.17) is 4.74 Å². The first-order valence-corrected chi connectivity index (χ1v) is 8.71. The summed E-state index contributed by atoms with van der Waals surface area (Å²) >= 11 is 0. The van der Waals surface area contributed by atoms with Crippen molar-refractivity contribution in [1.82, 2.24) is 0 Å². The average molecular weight is 349 g/mol. The summed E-state index contributed by atoms with van der Waals surface area (Å²) in [7, 11) is 0. The minimum absolute atomic E-state index is 0.158. The Morgan fingerprint density at radius 1 is 1.20 bits per heavy atom. The van der Waals surface area contributed by atoms with Crippen LogP contribution in [0.2, 0.25) is 0 Å². The molecule has 1 aromatic rings. The molecule has 0 aliphatic heterocycles. The molecule has 6 heteroatoms. The third kappa shape index (κ3) is 6.29. The number of Topliss-reactive ketones (excluding diaryl/α,β-unsaturated/α-hetero) is 1. The number of rotatable bonds is 7. The molecule has 1 aliphatic carbocycles. The molecule has 0 atom stereocenters. The molecule has 0 bridgehead atoms. The average Bonchev–Trinajstić information content (AvgIpc) is 2.58. The second-order valence-electron chi connectivity index (χ2n) is 6.50. The van der Waals surface area contributed by atoms with Crippen molar-refractivity contribution in [2.24, 2.45) is 5.92 Å². The molecule has 1 aromatic carbocycles. The second-order valence-corrected chi connectivity index (χ2v) is 6.50. The minimum atomic E-state index is -0.755. The van der Waals surface area contributed by atoms with Gasteiger partial charge in [-0.1, -0.05) is 32.1 Å². The number of hydrogen-bond donors (Lipinski definition) is 1. The van der Waals surface area contributed by atoms with Crippen molar-refractivity contribution in [3.8, 4) is 0 Å². The number of halogens is 1. The number of carbonyl (C=O) groups excluding carboxylic acids is 3. The van der Waals surface area contributed by atoms with E-state index < -0.39 is 24.2 Å². The molecule has 0 spiro atoms. The van der Waals surface area contributed by atoms with Crippen molar-refractivity contribution < 1.29 is 23.5 Å². The van der Waals surface area contributed by atoms with Crippen LogP contribution in [0.25, 0.3) is 0 Å². The van der Waals surface area contributed by atoms with Crippen LogP contribution in [0.4, 0.5) is 10.1 Å². The number of nitrogens with one attached hydrogen (secondary N) is 1. The van der Waals surface area contributed by atoms with Gasteiger partial charge in [0.25, 0.3) is 0 Å². The predicted molar refractivity (Wildman–Crippen MR) is 91.8 cm³/mol. The molecular formula is C19H24FNO4. The molecule has 2 rings (SSSR count). The lowest BCUT2D eigenvalue weighted by Gasteiger charge is -2.20. The maximum atomic E-state index is 14.0. The monoisotopic (exact) mass is 349 g/mol. The van der Waals surface area contributed by atoms with Crippen LogP contribution in [0, 0.1) is 11.7 Å². The zero-order chi connectivity index (χ0) is 18.2. The third-order valence-electron chi connectivity index (χ3n) is 4.44. The molecule has 0 aromatic heterocycles. The van der Waals surface area contributed by atoms with Gasteiger partial charge in [0.15, 0.2) is 6.61 Å². The molecule has 1 fully saturated rings. The van der Waals surface area contributed by atoms with Crippen molar-refractivity contribution in [2.75, 3.05) is 11.9 Å². The van der Waals surface area contributed by atoms with E-state index in [0.717, 1.165) is 25.3 Å². The number of hydrogen-bond acceptors (Lipinski definition) is 4. The highest BCUT2D eigenvalue weighted by molar-refractivity contribution is 5.99.